The van der Waals surface area contributed by atoms with Crippen LogP contribution in [0.5, 0.6) is 0 Å². The first-order valence-corrected chi connectivity index (χ1v) is 7.72. The van der Waals surface area contributed by atoms with Gasteiger partial charge in [0.15, 0.2) is 0 Å². The van der Waals surface area contributed by atoms with Gasteiger partial charge in [-0.25, -0.2) is 0 Å². The van der Waals surface area contributed by atoms with Gasteiger partial charge in [0.2, 0.25) is 5.91 Å². The van der Waals surface area contributed by atoms with Crippen LogP contribution in [0.2, 0.25) is 0 Å². The Bertz CT molecular complexity index is 312. The van der Waals surface area contributed by atoms with Crippen LogP contribution >= 0.6 is 0 Å². The van der Waals surface area contributed by atoms with Gasteiger partial charge in [-0.1, -0.05) is 6.42 Å². The molecule has 0 aromatic rings. The summed E-state index contributed by atoms with van der Waals surface area (Å²) in [5.74, 6) is 3.47. The fourth-order valence-corrected chi connectivity index (χ4v) is 4.48. The highest BCUT2D eigenvalue weighted by Crippen LogP contribution is 2.49. The number of carbonyl (C=O) groups excluding carboxylic acids is 1. The second-order valence-corrected chi connectivity index (χ2v) is 6.76. The summed E-state index contributed by atoms with van der Waals surface area (Å²) in [7, 11) is 0. The lowest BCUT2D eigenvalue weighted by atomic mass is 9.84. The van der Waals surface area contributed by atoms with Gasteiger partial charge in [-0.05, 0) is 69.4 Å². The predicted molar refractivity (Wildman–Crippen MR) is 72.1 cm³/mol. The minimum Gasteiger partial charge on any atom is -0.353 e. The zero-order valence-corrected chi connectivity index (χ0v) is 11.5. The van der Waals surface area contributed by atoms with Gasteiger partial charge in [0.25, 0.3) is 0 Å². The molecule has 0 radical (unpaired) electrons. The summed E-state index contributed by atoms with van der Waals surface area (Å²) in [5, 5.41) is 6.59. The van der Waals surface area contributed by atoms with Crippen LogP contribution in [-0.4, -0.2) is 25.0 Å². The van der Waals surface area contributed by atoms with Crippen LogP contribution in [0.1, 0.15) is 45.4 Å². The van der Waals surface area contributed by atoms with Gasteiger partial charge in [0, 0.05) is 12.5 Å². The molecule has 1 aliphatic heterocycles. The van der Waals surface area contributed by atoms with E-state index in [0.29, 0.717) is 12.0 Å². The van der Waals surface area contributed by atoms with Crippen molar-refractivity contribution in [3.8, 4) is 0 Å². The Kier molecular flexibility index (Phi) is 3.60. The summed E-state index contributed by atoms with van der Waals surface area (Å²) >= 11 is 0. The van der Waals surface area contributed by atoms with Gasteiger partial charge in [-0.2, -0.15) is 0 Å². The number of hydrogen-bond donors (Lipinski definition) is 2. The van der Waals surface area contributed by atoms with Gasteiger partial charge in [-0.3, -0.25) is 4.79 Å². The third kappa shape index (κ3) is 2.56. The normalized spacial score (nSPS) is 40.1. The summed E-state index contributed by atoms with van der Waals surface area (Å²) in [6.45, 7) is 4.33. The Hall–Kier alpha value is -0.570. The average Bonchev–Trinajstić information content (AvgIpc) is 3.04. The van der Waals surface area contributed by atoms with Gasteiger partial charge in [0.05, 0.1) is 0 Å². The summed E-state index contributed by atoms with van der Waals surface area (Å²) in [5.41, 5.74) is 0. The molecule has 5 atom stereocenters. The zero-order valence-electron chi connectivity index (χ0n) is 11.5. The van der Waals surface area contributed by atoms with Crippen molar-refractivity contribution in [3.05, 3.63) is 0 Å². The first-order valence-electron chi connectivity index (χ1n) is 7.72. The van der Waals surface area contributed by atoms with Crippen LogP contribution in [-0.2, 0) is 4.79 Å². The van der Waals surface area contributed by atoms with Crippen molar-refractivity contribution >= 4 is 5.91 Å². The summed E-state index contributed by atoms with van der Waals surface area (Å²) in [6.07, 6.45) is 7.51. The number of fused-ring (bicyclic) bond motifs is 2. The van der Waals surface area contributed by atoms with Crippen LogP contribution in [0.4, 0.5) is 0 Å². The molecular weight excluding hydrogens is 224 g/mol. The number of carbonyl (C=O) groups is 1. The number of rotatable bonds is 4. The summed E-state index contributed by atoms with van der Waals surface area (Å²) in [6, 6.07) is 0.391. The minimum atomic E-state index is 0.277. The van der Waals surface area contributed by atoms with E-state index in [0.717, 1.165) is 43.7 Å². The van der Waals surface area contributed by atoms with Crippen molar-refractivity contribution in [1.82, 2.24) is 10.6 Å². The molecule has 3 rings (SSSR count). The lowest BCUT2D eigenvalue weighted by molar-refractivity contribution is -0.123. The molecule has 1 amide bonds. The molecule has 102 valence electrons. The smallest absolute Gasteiger partial charge is 0.220 e. The topological polar surface area (TPSA) is 41.1 Å². The molecule has 2 N–H and O–H groups in total. The van der Waals surface area contributed by atoms with Crippen LogP contribution < -0.4 is 10.6 Å². The molecule has 2 saturated carbocycles. The third-order valence-corrected chi connectivity index (χ3v) is 5.46. The van der Waals surface area contributed by atoms with E-state index >= 15 is 0 Å². The first kappa shape index (κ1) is 12.5. The molecule has 1 heterocycles. The quantitative estimate of drug-likeness (QED) is 0.800. The van der Waals surface area contributed by atoms with E-state index in [1.165, 1.54) is 25.7 Å². The van der Waals surface area contributed by atoms with Crippen LogP contribution in [0.3, 0.4) is 0 Å². The molecule has 0 aromatic carbocycles. The van der Waals surface area contributed by atoms with Crippen molar-refractivity contribution < 1.29 is 4.79 Å². The Morgan fingerprint density at radius 1 is 1.33 bits per heavy atom. The molecule has 5 unspecified atom stereocenters. The van der Waals surface area contributed by atoms with Gasteiger partial charge >= 0.3 is 0 Å². The van der Waals surface area contributed by atoms with E-state index in [9.17, 15) is 4.79 Å². The Balaban J connectivity index is 1.45. The molecule has 0 spiro atoms. The number of hydrogen-bond acceptors (Lipinski definition) is 2. The van der Waals surface area contributed by atoms with Crippen molar-refractivity contribution in [2.45, 2.75) is 51.5 Å². The maximum absolute atomic E-state index is 12.0. The second-order valence-electron chi connectivity index (χ2n) is 6.76. The zero-order chi connectivity index (χ0) is 12.5. The molecule has 2 bridgehead atoms. The highest BCUT2D eigenvalue weighted by molar-refractivity contribution is 5.76. The molecule has 1 saturated heterocycles. The van der Waals surface area contributed by atoms with E-state index in [1.807, 2.05) is 0 Å². The monoisotopic (exact) mass is 250 g/mol. The summed E-state index contributed by atoms with van der Waals surface area (Å²) in [4.78, 5) is 12.0. The Labute approximate surface area is 110 Å². The van der Waals surface area contributed by atoms with Crippen molar-refractivity contribution in [2.24, 2.45) is 23.7 Å². The lowest BCUT2D eigenvalue weighted by Gasteiger charge is -2.28. The summed E-state index contributed by atoms with van der Waals surface area (Å²) < 4.78 is 0. The molecular formula is C15H26N2O. The SMILES string of the molecule is CC(NC(=O)CC1CCNC1)C1CC2CCC1C2. The molecule has 2 aliphatic carbocycles. The highest BCUT2D eigenvalue weighted by atomic mass is 16.1. The largest absolute Gasteiger partial charge is 0.353 e. The predicted octanol–water partition coefficient (Wildman–Crippen LogP) is 1.93. The Morgan fingerprint density at radius 2 is 2.22 bits per heavy atom. The molecule has 18 heavy (non-hydrogen) atoms. The fraction of sp³-hybridized carbons (Fsp3) is 0.933. The molecule has 3 aliphatic rings. The second kappa shape index (κ2) is 5.20. The van der Waals surface area contributed by atoms with E-state index in [1.54, 1.807) is 0 Å². The van der Waals surface area contributed by atoms with Crippen molar-refractivity contribution in [1.29, 1.82) is 0 Å². The standard InChI is InChI=1S/C15H26N2O/c1-10(14-7-11-2-3-13(14)6-11)17-15(18)8-12-4-5-16-9-12/h10-14,16H,2-9H2,1H3,(H,17,18). The van der Waals surface area contributed by atoms with Gasteiger partial charge in [-0.15, -0.1) is 0 Å². The molecule has 0 aromatic heterocycles. The molecule has 3 nitrogen and oxygen atoms in total. The maximum atomic E-state index is 12.0. The minimum absolute atomic E-state index is 0.277. The van der Waals surface area contributed by atoms with Gasteiger partial charge < -0.3 is 10.6 Å². The lowest BCUT2D eigenvalue weighted by Crippen LogP contribution is -2.40. The van der Waals surface area contributed by atoms with Crippen molar-refractivity contribution in [3.63, 3.8) is 0 Å². The van der Waals surface area contributed by atoms with Gasteiger partial charge in [0.1, 0.15) is 0 Å². The average molecular weight is 250 g/mol. The van der Waals surface area contributed by atoms with Crippen LogP contribution in [0.25, 0.3) is 0 Å². The molecule has 3 fully saturated rings. The third-order valence-electron chi connectivity index (χ3n) is 5.46. The van der Waals surface area contributed by atoms with E-state index < -0.39 is 0 Å². The maximum Gasteiger partial charge on any atom is 0.220 e. The highest BCUT2D eigenvalue weighted by Gasteiger charge is 2.42. The van der Waals surface area contributed by atoms with Crippen molar-refractivity contribution in [2.75, 3.05) is 13.1 Å². The van der Waals surface area contributed by atoms with E-state index in [4.69, 9.17) is 0 Å². The fourth-order valence-electron chi connectivity index (χ4n) is 4.48. The molecule has 3 heteroatoms. The number of amides is 1. The number of nitrogens with one attached hydrogen (secondary N) is 2. The van der Waals surface area contributed by atoms with E-state index in [-0.39, 0.29) is 5.91 Å². The first-order chi connectivity index (χ1) is 8.72. The van der Waals surface area contributed by atoms with E-state index in [2.05, 4.69) is 17.6 Å². The van der Waals surface area contributed by atoms with Crippen LogP contribution in [0.15, 0.2) is 0 Å². The van der Waals surface area contributed by atoms with Crippen LogP contribution in [0, 0.1) is 23.7 Å². The Morgan fingerprint density at radius 3 is 2.83 bits per heavy atom.